The largest absolute Gasteiger partial charge is 0.352 e. The van der Waals surface area contributed by atoms with Crippen LogP contribution in [0.3, 0.4) is 0 Å². The summed E-state index contributed by atoms with van der Waals surface area (Å²) in [5.74, 6) is 0.820. The maximum Gasteiger partial charge on any atom is 0.251 e. The number of nitrogens with one attached hydrogen (secondary N) is 1. The number of hydrogen-bond acceptors (Lipinski definition) is 3. The van der Waals surface area contributed by atoms with E-state index in [1.807, 2.05) is 61.9 Å². The maximum absolute atomic E-state index is 12.6. The molecule has 6 nitrogen and oxygen atoms in total. The molecule has 0 aliphatic carbocycles. The molecule has 1 N–H and O–H groups in total. The SMILES string of the molecule is Cc1cc(C)n(CCCNC(=O)c2ccc3c(c2)nc(C)n3-c2ccccc2)n1. The quantitative estimate of drug-likeness (QED) is 0.509. The molecule has 0 saturated carbocycles. The Morgan fingerprint density at radius 2 is 1.83 bits per heavy atom. The summed E-state index contributed by atoms with van der Waals surface area (Å²) < 4.78 is 4.08. The van der Waals surface area contributed by atoms with Gasteiger partial charge < -0.3 is 5.32 Å². The summed E-state index contributed by atoms with van der Waals surface area (Å²) in [6, 6.07) is 17.9. The molecule has 0 aliphatic rings. The molecule has 0 saturated heterocycles. The zero-order valence-corrected chi connectivity index (χ0v) is 17.0. The Balaban J connectivity index is 1.44. The maximum atomic E-state index is 12.6. The molecule has 0 spiro atoms. The third-order valence-corrected chi connectivity index (χ3v) is 5.03. The molecule has 0 fully saturated rings. The highest BCUT2D eigenvalue weighted by atomic mass is 16.1. The third kappa shape index (κ3) is 3.92. The lowest BCUT2D eigenvalue weighted by Gasteiger charge is -2.08. The molecular weight excluding hydrogens is 362 g/mol. The van der Waals surface area contributed by atoms with Crippen LogP contribution in [-0.4, -0.2) is 31.8 Å². The van der Waals surface area contributed by atoms with Gasteiger partial charge in [-0.2, -0.15) is 5.10 Å². The number of para-hydroxylation sites is 1. The number of rotatable bonds is 6. The minimum absolute atomic E-state index is 0.0767. The predicted octanol–water partition coefficient (Wildman–Crippen LogP) is 3.97. The number of benzene rings is 2. The van der Waals surface area contributed by atoms with Crippen molar-refractivity contribution >= 4 is 16.9 Å². The Labute approximate surface area is 170 Å². The first kappa shape index (κ1) is 18.9. The minimum Gasteiger partial charge on any atom is -0.352 e. The minimum atomic E-state index is -0.0767. The molecule has 1 amide bonds. The van der Waals surface area contributed by atoms with Gasteiger partial charge in [-0.15, -0.1) is 0 Å². The van der Waals surface area contributed by atoms with Crippen LogP contribution in [0, 0.1) is 20.8 Å². The molecule has 2 heterocycles. The second-order valence-corrected chi connectivity index (χ2v) is 7.29. The standard InChI is InChI=1S/C23H25N5O/c1-16-14-17(2)27(26-16)13-7-12-24-23(29)19-10-11-22-21(15-19)25-18(3)28(22)20-8-5-4-6-9-20/h4-6,8-11,14-15H,7,12-13H2,1-3H3,(H,24,29). The van der Waals surface area contributed by atoms with Crippen LogP contribution in [-0.2, 0) is 6.54 Å². The fraction of sp³-hybridized carbons (Fsp3) is 0.261. The first-order chi connectivity index (χ1) is 14.0. The molecule has 2 aromatic heterocycles. The molecule has 4 aromatic rings. The van der Waals surface area contributed by atoms with Crippen molar-refractivity contribution in [2.24, 2.45) is 0 Å². The topological polar surface area (TPSA) is 64.7 Å². The number of amides is 1. The molecule has 148 valence electrons. The number of imidazole rings is 1. The van der Waals surface area contributed by atoms with Gasteiger partial charge in [0.25, 0.3) is 5.91 Å². The first-order valence-corrected chi connectivity index (χ1v) is 9.87. The van der Waals surface area contributed by atoms with E-state index in [1.54, 1.807) is 0 Å². The fourth-order valence-corrected chi connectivity index (χ4v) is 3.68. The van der Waals surface area contributed by atoms with Crippen LogP contribution in [0.5, 0.6) is 0 Å². The average molecular weight is 387 g/mol. The molecule has 6 heteroatoms. The van der Waals surface area contributed by atoms with Crippen molar-refractivity contribution in [2.45, 2.75) is 33.7 Å². The second-order valence-electron chi connectivity index (χ2n) is 7.29. The lowest BCUT2D eigenvalue weighted by atomic mass is 10.2. The van der Waals surface area contributed by atoms with Gasteiger partial charge in [0.05, 0.1) is 16.7 Å². The predicted molar refractivity (Wildman–Crippen MR) is 114 cm³/mol. The lowest BCUT2D eigenvalue weighted by Crippen LogP contribution is -2.25. The van der Waals surface area contributed by atoms with Crippen LogP contribution in [0.1, 0.15) is 34.0 Å². The summed E-state index contributed by atoms with van der Waals surface area (Å²) in [5.41, 5.74) is 5.67. The molecule has 0 atom stereocenters. The summed E-state index contributed by atoms with van der Waals surface area (Å²) >= 11 is 0. The highest BCUT2D eigenvalue weighted by Gasteiger charge is 2.12. The van der Waals surface area contributed by atoms with E-state index in [1.165, 1.54) is 0 Å². The molecule has 0 radical (unpaired) electrons. The van der Waals surface area contributed by atoms with Crippen LogP contribution in [0.2, 0.25) is 0 Å². The summed E-state index contributed by atoms with van der Waals surface area (Å²) in [7, 11) is 0. The van der Waals surface area contributed by atoms with E-state index in [9.17, 15) is 4.79 Å². The molecule has 29 heavy (non-hydrogen) atoms. The highest BCUT2D eigenvalue weighted by molar-refractivity contribution is 5.97. The Kier molecular flexibility index (Phi) is 5.16. The molecule has 0 bridgehead atoms. The number of hydrogen-bond donors (Lipinski definition) is 1. The summed E-state index contributed by atoms with van der Waals surface area (Å²) in [6.07, 6.45) is 0.831. The van der Waals surface area contributed by atoms with Gasteiger partial charge in [-0.05, 0) is 63.6 Å². The number of fused-ring (bicyclic) bond motifs is 1. The van der Waals surface area contributed by atoms with E-state index >= 15 is 0 Å². The van der Waals surface area contributed by atoms with Crippen molar-refractivity contribution in [1.82, 2.24) is 24.6 Å². The smallest absolute Gasteiger partial charge is 0.251 e. The Morgan fingerprint density at radius 3 is 2.55 bits per heavy atom. The van der Waals surface area contributed by atoms with Gasteiger partial charge >= 0.3 is 0 Å². The van der Waals surface area contributed by atoms with Crippen molar-refractivity contribution in [1.29, 1.82) is 0 Å². The number of nitrogens with zero attached hydrogens (tertiary/aromatic N) is 4. The normalized spacial score (nSPS) is 11.1. The molecule has 0 unspecified atom stereocenters. The van der Waals surface area contributed by atoms with E-state index in [4.69, 9.17) is 0 Å². The highest BCUT2D eigenvalue weighted by Crippen LogP contribution is 2.22. The Hall–Kier alpha value is -3.41. The average Bonchev–Trinajstić information content (AvgIpc) is 3.22. The van der Waals surface area contributed by atoms with Gasteiger partial charge in [0.2, 0.25) is 0 Å². The second kappa shape index (κ2) is 7.91. The molecule has 4 rings (SSSR count). The summed E-state index contributed by atoms with van der Waals surface area (Å²) in [5, 5.41) is 7.45. The van der Waals surface area contributed by atoms with E-state index in [2.05, 4.69) is 38.2 Å². The number of aryl methyl sites for hydroxylation is 4. The van der Waals surface area contributed by atoms with E-state index in [0.717, 1.165) is 46.9 Å². The van der Waals surface area contributed by atoms with E-state index in [0.29, 0.717) is 12.1 Å². The Morgan fingerprint density at radius 1 is 1.03 bits per heavy atom. The molecular formula is C23H25N5O. The van der Waals surface area contributed by atoms with Crippen LogP contribution >= 0.6 is 0 Å². The zero-order valence-electron chi connectivity index (χ0n) is 17.0. The van der Waals surface area contributed by atoms with Gasteiger partial charge in [-0.25, -0.2) is 4.98 Å². The molecule has 2 aromatic carbocycles. The summed E-state index contributed by atoms with van der Waals surface area (Å²) in [4.78, 5) is 17.2. The van der Waals surface area contributed by atoms with Crippen LogP contribution in [0.25, 0.3) is 16.7 Å². The first-order valence-electron chi connectivity index (χ1n) is 9.87. The Bertz CT molecular complexity index is 1160. The van der Waals surface area contributed by atoms with Crippen LogP contribution in [0.15, 0.2) is 54.6 Å². The monoisotopic (exact) mass is 387 g/mol. The van der Waals surface area contributed by atoms with E-state index in [-0.39, 0.29) is 5.91 Å². The van der Waals surface area contributed by atoms with Gasteiger partial charge in [0, 0.05) is 30.0 Å². The van der Waals surface area contributed by atoms with Crippen molar-refractivity contribution in [3.63, 3.8) is 0 Å². The molecule has 0 aliphatic heterocycles. The van der Waals surface area contributed by atoms with Crippen molar-refractivity contribution in [3.8, 4) is 5.69 Å². The number of aromatic nitrogens is 4. The van der Waals surface area contributed by atoms with Crippen LogP contribution < -0.4 is 5.32 Å². The fourth-order valence-electron chi connectivity index (χ4n) is 3.68. The van der Waals surface area contributed by atoms with Crippen molar-refractivity contribution in [2.75, 3.05) is 6.54 Å². The van der Waals surface area contributed by atoms with Crippen LogP contribution in [0.4, 0.5) is 0 Å². The number of carbonyl (C=O) groups is 1. The van der Waals surface area contributed by atoms with Crippen molar-refractivity contribution in [3.05, 3.63) is 77.4 Å². The number of carbonyl (C=O) groups excluding carboxylic acids is 1. The van der Waals surface area contributed by atoms with Gasteiger partial charge in [0.1, 0.15) is 5.82 Å². The van der Waals surface area contributed by atoms with Crippen molar-refractivity contribution < 1.29 is 4.79 Å². The van der Waals surface area contributed by atoms with Gasteiger partial charge in [-0.3, -0.25) is 14.0 Å². The van der Waals surface area contributed by atoms with Gasteiger partial charge in [0.15, 0.2) is 0 Å². The third-order valence-electron chi connectivity index (χ3n) is 5.03. The van der Waals surface area contributed by atoms with Gasteiger partial charge in [-0.1, -0.05) is 18.2 Å². The van der Waals surface area contributed by atoms with E-state index < -0.39 is 0 Å². The summed E-state index contributed by atoms with van der Waals surface area (Å²) in [6.45, 7) is 7.41. The zero-order chi connectivity index (χ0) is 20.4. The lowest BCUT2D eigenvalue weighted by molar-refractivity contribution is 0.0952.